The van der Waals surface area contributed by atoms with Gasteiger partial charge in [-0.15, -0.1) is 0 Å². The molecule has 0 unspecified atom stereocenters. The summed E-state index contributed by atoms with van der Waals surface area (Å²) in [7, 11) is 1.55. The predicted octanol–water partition coefficient (Wildman–Crippen LogP) is 2.64. The number of nitrogens with one attached hydrogen (secondary N) is 1. The Bertz CT molecular complexity index is 574. The minimum Gasteiger partial charge on any atom is -0.496 e. The van der Waals surface area contributed by atoms with Crippen LogP contribution in [0.1, 0.15) is 50.6 Å². The van der Waals surface area contributed by atoms with E-state index < -0.39 is 0 Å². The third-order valence-corrected chi connectivity index (χ3v) is 4.71. The standard InChI is InChI=1S/C18H28N2O3/c1-14-12-16(23-2)13-18(22)20(14)11-10-19-17(21)9-8-15-6-4-3-5-7-15/h12-13,15H,3-11H2,1-2H3,(H,19,21). The molecule has 1 N–H and O–H groups in total. The highest BCUT2D eigenvalue weighted by molar-refractivity contribution is 5.75. The maximum atomic E-state index is 12.0. The molecule has 0 atom stereocenters. The van der Waals surface area contributed by atoms with Crippen molar-refractivity contribution in [3.8, 4) is 5.75 Å². The molecule has 5 heteroatoms. The minimum atomic E-state index is -0.0988. The molecular formula is C18H28N2O3. The summed E-state index contributed by atoms with van der Waals surface area (Å²) < 4.78 is 6.74. The number of carbonyl (C=O) groups is 1. The maximum Gasteiger partial charge on any atom is 0.254 e. The van der Waals surface area contributed by atoms with E-state index in [-0.39, 0.29) is 11.5 Å². The molecule has 1 aliphatic carbocycles. The Morgan fingerprint density at radius 3 is 2.70 bits per heavy atom. The van der Waals surface area contributed by atoms with Crippen LogP contribution >= 0.6 is 0 Å². The number of nitrogens with zero attached hydrogens (tertiary/aromatic N) is 1. The van der Waals surface area contributed by atoms with Crippen molar-refractivity contribution in [1.82, 2.24) is 9.88 Å². The fourth-order valence-electron chi connectivity index (χ4n) is 3.31. The maximum absolute atomic E-state index is 12.0. The molecule has 1 aromatic rings. The first kappa shape index (κ1) is 17.6. The van der Waals surface area contributed by atoms with Crippen molar-refractivity contribution in [2.75, 3.05) is 13.7 Å². The van der Waals surface area contributed by atoms with Crippen LogP contribution in [-0.4, -0.2) is 24.1 Å². The molecule has 1 heterocycles. The molecule has 1 aliphatic rings. The van der Waals surface area contributed by atoms with E-state index >= 15 is 0 Å². The first-order valence-electron chi connectivity index (χ1n) is 8.62. The highest BCUT2D eigenvalue weighted by Gasteiger charge is 2.14. The first-order valence-corrected chi connectivity index (χ1v) is 8.62. The van der Waals surface area contributed by atoms with Crippen LogP contribution in [0.4, 0.5) is 0 Å². The van der Waals surface area contributed by atoms with E-state index in [1.807, 2.05) is 13.0 Å². The fourth-order valence-corrected chi connectivity index (χ4v) is 3.31. The van der Waals surface area contributed by atoms with Crippen LogP contribution in [0.3, 0.4) is 0 Å². The minimum absolute atomic E-state index is 0.0924. The van der Waals surface area contributed by atoms with Crippen LogP contribution in [0, 0.1) is 12.8 Å². The van der Waals surface area contributed by atoms with Gasteiger partial charge >= 0.3 is 0 Å². The predicted molar refractivity (Wildman–Crippen MR) is 90.8 cm³/mol. The van der Waals surface area contributed by atoms with Crippen LogP contribution in [-0.2, 0) is 11.3 Å². The Balaban J connectivity index is 1.74. The number of amides is 1. The Kier molecular flexibility index (Phi) is 6.68. The van der Waals surface area contributed by atoms with E-state index in [9.17, 15) is 9.59 Å². The van der Waals surface area contributed by atoms with Gasteiger partial charge < -0.3 is 14.6 Å². The van der Waals surface area contributed by atoms with E-state index in [1.54, 1.807) is 11.7 Å². The van der Waals surface area contributed by atoms with Crippen molar-refractivity contribution >= 4 is 5.91 Å². The molecule has 0 aliphatic heterocycles. The van der Waals surface area contributed by atoms with Crippen molar-refractivity contribution in [3.05, 3.63) is 28.2 Å². The first-order chi connectivity index (χ1) is 11.1. The molecule has 1 saturated carbocycles. The molecule has 128 valence electrons. The molecule has 0 saturated heterocycles. The van der Waals surface area contributed by atoms with Crippen molar-refractivity contribution in [2.45, 2.75) is 58.4 Å². The Hall–Kier alpha value is -1.78. The summed E-state index contributed by atoms with van der Waals surface area (Å²) in [6.07, 6.45) is 8.10. The van der Waals surface area contributed by atoms with Gasteiger partial charge in [0.25, 0.3) is 5.56 Å². The number of methoxy groups -OCH3 is 1. The summed E-state index contributed by atoms with van der Waals surface area (Å²) in [4.78, 5) is 23.9. The van der Waals surface area contributed by atoms with Gasteiger partial charge in [-0.2, -0.15) is 0 Å². The largest absolute Gasteiger partial charge is 0.496 e. The highest BCUT2D eigenvalue weighted by atomic mass is 16.5. The smallest absolute Gasteiger partial charge is 0.254 e. The number of rotatable bonds is 7. The summed E-state index contributed by atoms with van der Waals surface area (Å²) in [5.74, 6) is 1.39. The summed E-state index contributed by atoms with van der Waals surface area (Å²) in [6.45, 7) is 2.84. The summed E-state index contributed by atoms with van der Waals surface area (Å²) in [5.41, 5.74) is 0.740. The van der Waals surface area contributed by atoms with Gasteiger partial charge in [-0.1, -0.05) is 32.1 Å². The van der Waals surface area contributed by atoms with Crippen molar-refractivity contribution in [3.63, 3.8) is 0 Å². The molecule has 0 spiro atoms. The van der Waals surface area contributed by atoms with E-state index in [1.165, 1.54) is 38.2 Å². The fraction of sp³-hybridized carbons (Fsp3) is 0.667. The van der Waals surface area contributed by atoms with Crippen LogP contribution in [0.15, 0.2) is 16.9 Å². The number of aryl methyl sites for hydroxylation is 1. The lowest BCUT2D eigenvalue weighted by atomic mass is 9.86. The van der Waals surface area contributed by atoms with Gasteiger partial charge in [-0.05, 0) is 25.3 Å². The number of hydrogen-bond donors (Lipinski definition) is 1. The van der Waals surface area contributed by atoms with Crippen LogP contribution in [0.5, 0.6) is 5.75 Å². The van der Waals surface area contributed by atoms with Gasteiger partial charge in [-0.3, -0.25) is 9.59 Å². The molecule has 1 amide bonds. The number of aromatic nitrogens is 1. The van der Waals surface area contributed by atoms with Crippen molar-refractivity contribution < 1.29 is 9.53 Å². The second-order valence-corrected chi connectivity index (χ2v) is 6.42. The zero-order valence-electron chi connectivity index (χ0n) is 14.3. The number of pyridine rings is 1. The molecule has 1 aromatic heterocycles. The third-order valence-electron chi connectivity index (χ3n) is 4.71. The molecule has 1 fully saturated rings. The zero-order valence-corrected chi connectivity index (χ0v) is 14.3. The van der Waals surface area contributed by atoms with Crippen molar-refractivity contribution in [1.29, 1.82) is 0 Å². The van der Waals surface area contributed by atoms with Crippen molar-refractivity contribution in [2.24, 2.45) is 5.92 Å². The molecular weight excluding hydrogens is 292 g/mol. The lowest BCUT2D eigenvalue weighted by Crippen LogP contribution is -2.31. The van der Waals surface area contributed by atoms with E-state index in [0.29, 0.717) is 25.3 Å². The average Bonchev–Trinajstić information content (AvgIpc) is 2.56. The van der Waals surface area contributed by atoms with Gasteiger partial charge in [0.15, 0.2) is 0 Å². The SMILES string of the molecule is COc1cc(C)n(CCNC(=O)CCC2CCCCC2)c(=O)c1. The monoisotopic (exact) mass is 320 g/mol. The molecule has 5 nitrogen and oxygen atoms in total. The number of ether oxygens (including phenoxy) is 1. The second-order valence-electron chi connectivity index (χ2n) is 6.42. The summed E-state index contributed by atoms with van der Waals surface area (Å²) in [5, 5.41) is 2.92. The van der Waals surface area contributed by atoms with Gasteiger partial charge in [0, 0.05) is 31.3 Å². The van der Waals surface area contributed by atoms with Crippen LogP contribution in [0.2, 0.25) is 0 Å². The topological polar surface area (TPSA) is 60.3 Å². The van der Waals surface area contributed by atoms with Gasteiger partial charge in [0.2, 0.25) is 5.91 Å². The third kappa shape index (κ3) is 5.41. The number of carbonyl (C=O) groups excluding carboxylic acids is 1. The quantitative estimate of drug-likeness (QED) is 0.840. The lowest BCUT2D eigenvalue weighted by Gasteiger charge is -2.21. The van der Waals surface area contributed by atoms with Gasteiger partial charge in [0.05, 0.1) is 7.11 Å². The number of hydrogen-bond acceptors (Lipinski definition) is 3. The molecule has 0 aromatic carbocycles. The normalized spacial score (nSPS) is 15.4. The summed E-state index contributed by atoms with van der Waals surface area (Å²) in [6, 6.07) is 3.30. The lowest BCUT2D eigenvalue weighted by molar-refractivity contribution is -0.121. The average molecular weight is 320 g/mol. The zero-order chi connectivity index (χ0) is 16.7. The van der Waals surface area contributed by atoms with E-state index in [2.05, 4.69) is 5.32 Å². The van der Waals surface area contributed by atoms with Crippen LogP contribution in [0.25, 0.3) is 0 Å². The Labute approximate surface area is 138 Å². The summed E-state index contributed by atoms with van der Waals surface area (Å²) >= 11 is 0. The molecule has 2 rings (SSSR count). The van der Waals surface area contributed by atoms with Gasteiger partial charge in [0.1, 0.15) is 5.75 Å². The van der Waals surface area contributed by atoms with Gasteiger partial charge in [-0.25, -0.2) is 0 Å². The van der Waals surface area contributed by atoms with E-state index in [0.717, 1.165) is 18.0 Å². The Morgan fingerprint density at radius 2 is 2.04 bits per heavy atom. The molecule has 0 radical (unpaired) electrons. The molecule has 23 heavy (non-hydrogen) atoms. The highest BCUT2D eigenvalue weighted by Crippen LogP contribution is 2.27. The van der Waals surface area contributed by atoms with E-state index in [4.69, 9.17) is 4.74 Å². The Morgan fingerprint density at radius 1 is 1.30 bits per heavy atom. The molecule has 0 bridgehead atoms. The second kappa shape index (κ2) is 8.75. The van der Waals surface area contributed by atoms with Crippen LogP contribution < -0.4 is 15.6 Å².